The van der Waals surface area contributed by atoms with Crippen LogP contribution in [0.4, 0.5) is 0 Å². The summed E-state index contributed by atoms with van der Waals surface area (Å²) in [6, 6.07) is 10.5. The highest BCUT2D eigenvalue weighted by Crippen LogP contribution is 1.97. The van der Waals surface area contributed by atoms with Crippen molar-refractivity contribution in [2.45, 2.75) is 6.42 Å². The Morgan fingerprint density at radius 1 is 1.15 bits per heavy atom. The van der Waals surface area contributed by atoms with Gasteiger partial charge in [0.25, 0.3) is 0 Å². The second-order valence-electron chi connectivity index (χ2n) is 2.98. The average Bonchev–Trinajstić information content (AvgIpc) is 2.19. The van der Waals surface area contributed by atoms with E-state index in [1.807, 2.05) is 6.07 Å². The summed E-state index contributed by atoms with van der Waals surface area (Å²) in [6.45, 7) is 2.74. The van der Waals surface area contributed by atoms with Crippen molar-refractivity contribution in [2.75, 3.05) is 26.8 Å². The van der Waals surface area contributed by atoms with E-state index in [-0.39, 0.29) is 0 Å². The second kappa shape index (κ2) is 6.63. The molecule has 2 nitrogen and oxygen atoms in total. The molecule has 0 bridgehead atoms. The molecule has 0 fully saturated rings. The Kier molecular flexibility index (Phi) is 5.22. The molecule has 0 aliphatic rings. The van der Waals surface area contributed by atoms with Crippen LogP contribution < -0.4 is 5.32 Å². The van der Waals surface area contributed by atoms with Crippen molar-refractivity contribution >= 4 is 0 Å². The smallest absolute Gasteiger partial charge is 0.0587 e. The predicted molar refractivity (Wildman–Crippen MR) is 54.9 cm³/mol. The number of nitrogens with one attached hydrogen (secondary N) is 1. The largest absolute Gasteiger partial charge is 0.383 e. The summed E-state index contributed by atoms with van der Waals surface area (Å²) in [5, 5.41) is 3.31. The molecule has 1 aromatic carbocycles. The van der Waals surface area contributed by atoms with Crippen LogP contribution in [0.1, 0.15) is 5.56 Å². The third kappa shape index (κ3) is 4.65. The maximum Gasteiger partial charge on any atom is 0.0587 e. The fourth-order valence-corrected chi connectivity index (χ4v) is 1.18. The molecule has 2 heteroatoms. The molecule has 13 heavy (non-hydrogen) atoms. The Morgan fingerprint density at radius 2 is 1.92 bits per heavy atom. The molecule has 0 unspecified atom stereocenters. The molecule has 1 N–H and O–H groups in total. The van der Waals surface area contributed by atoms with E-state index in [2.05, 4.69) is 29.6 Å². The monoisotopic (exact) mass is 179 g/mol. The number of benzene rings is 1. The summed E-state index contributed by atoms with van der Waals surface area (Å²) in [5.41, 5.74) is 1.38. The molecule has 1 aromatic rings. The number of rotatable bonds is 6. The molecule has 0 spiro atoms. The van der Waals surface area contributed by atoms with E-state index in [4.69, 9.17) is 4.74 Å². The first-order valence-electron chi connectivity index (χ1n) is 4.67. The van der Waals surface area contributed by atoms with E-state index in [0.29, 0.717) is 0 Å². The predicted octanol–water partition coefficient (Wildman–Crippen LogP) is 1.47. The van der Waals surface area contributed by atoms with E-state index >= 15 is 0 Å². The summed E-state index contributed by atoms with van der Waals surface area (Å²) in [7, 11) is 1.72. The lowest BCUT2D eigenvalue weighted by Gasteiger charge is -2.03. The third-order valence-corrected chi connectivity index (χ3v) is 1.92. The molecule has 0 aliphatic carbocycles. The molecule has 0 aromatic heterocycles. The van der Waals surface area contributed by atoms with E-state index in [1.165, 1.54) is 5.56 Å². The van der Waals surface area contributed by atoms with Gasteiger partial charge in [-0.15, -0.1) is 0 Å². The Balaban J connectivity index is 2.07. The van der Waals surface area contributed by atoms with Gasteiger partial charge in [0.15, 0.2) is 0 Å². The number of hydrogen-bond donors (Lipinski definition) is 1. The highest BCUT2D eigenvalue weighted by atomic mass is 16.5. The van der Waals surface area contributed by atoms with Gasteiger partial charge in [0.05, 0.1) is 6.61 Å². The molecule has 72 valence electrons. The Bertz CT molecular complexity index is 211. The summed E-state index contributed by atoms with van der Waals surface area (Å²) >= 11 is 0. The lowest BCUT2D eigenvalue weighted by molar-refractivity contribution is 0.199. The first-order valence-corrected chi connectivity index (χ1v) is 4.67. The zero-order chi connectivity index (χ0) is 9.36. The van der Waals surface area contributed by atoms with Gasteiger partial charge in [-0.3, -0.25) is 0 Å². The van der Waals surface area contributed by atoms with Crippen molar-refractivity contribution in [3.8, 4) is 0 Å². The summed E-state index contributed by atoms with van der Waals surface area (Å²) in [6.07, 6.45) is 1.09. The Hall–Kier alpha value is -0.860. The van der Waals surface area contributed by atoms with Crippen LogP contribution in [0.5, 0.6) is 0 Å². The van der Waals surface area contributed by atoms with Crippen molar-refractivity contribution in [1.82, 2.24) is 5.32 Å². The van der Waals surface area contributed by atoms with Crippen LogP contribution in [-0.2, 0) is 11.2 Å². The highest BCUT2D eigenvalue weighted by Gasteiger charge is 1.90. The number of methoxy groups -OCH3 is 1. The van der Waals surface area contributed by atoms with Crippen molar-refractivity contribution < 1.29 is 4.74 Å². The lowest BCUT2D eigenvalue weighted by Crippen LogP contribution is -2.21. The van der Waals surface area contributed by atoms with E-state index in [1.54, 1.807) is 7.11 Å². The molecule has 0 saturated carbocycles. The van der Waals surface area contributed by atoms with Crippen LogP contribution in [0.25, 0.3) is 0 Å². The van der Waals surface area contributed by atoms with Crippen LogP contribution in [0.3, 0.4) is 0 Å². The Morgan fingerprint density at radius 3 is 2.62 bits per heavy atom. The first kappa shape index (κ1) is 10.2. The van der Waals surface area contributed by atoms with Gasteiger partial charge in [0.1, 0.15) is 0 Å². The first-order chi connectivity index (χ1) is 6.43. The minimum absolute atomic E-state index is 0.786. The highest BCUT2D eigenvalue weighted by molar-refractivity contribution is 5.14. The van der Waals surface area contributed by atoms with Crippen molar-refractivity contribution in [3.63, 3.8) is 0 Å². The van der Waals surface area contributed by atoms with Gasteiger partial charge in [-0.05, 0) is 18.5 Å². The number of hydrogen-bond acceptors (Lipinski definition) is 2. The average molecular weight is 179 g/mol. The van der Waals surface area contributed by atoms with E-state index in [0.717, 1.165) is 26.1 Å². The lowest BCUT2D eigenvalue weighted by atomic mass is 10.1. The standard InChI is InChI=1S/C11H17NO/c1-13-10-9-12-8-7-11-5-3-2-4-6-11/h2-6,12H,7-10H2,1H3. The fraction of sp³-hybridized carbons (Fsp3) is 0.455. The minimum Gasteiger partial charge on any atom is -0.383 e. The molecule has 0 atom stereocenters. The zero-order valence-corrected chi connectivity index (χ0v) is 8.12. The van der Waals surface area contributed by atoms with Gasteiger partial charge in [-0.2, -0.15) is 0 Å². The van der Waals surface area contributed by atoms with Crippen molar-refractivity contribution in [3.05, 3.63) is 35.9 Å². The quantitative estimate of drug-likeness (QED) is 0.668. The van der Waals surface area contributed by atoms with Gasteiger partial charge >= 0.3 is 0 Å². The van der Waals surface area contributed by atoms with Crippen LogP contribution in [0, 0.1) is 0 Å². The third-order valence-electron chi connectivity index (χ3n) is 1.92. The van der Waals surface area contributed by atoms with Crippen molar-refractivity contribution in [1.29, 1.82) is 0 Å². The number of ether oxygens (including phenoxy) is 1. The van der Waals surface area contributed by atoms with Gasteiger partial charge in [0.2, 0.25) is 0 Å². The molecule has 0 saturated heterocycles. The molecular formula is C11H17NO. The van der Waals surface area contributed by atoms with E-state index < -0.39 is 0 Å². The maximum absolute atomic E-state index is 4.93. The Labute approximate surface area is 79.9 Å². The van der Waals surface area contributed by atoms with Crippen LogP contribution in [-0.4, -0.2) is 26.8 Å². The summed E-state index contributed by atoms with van der Waals surface area (Å²) in [5.74, 6) is 0. The molecule has 0 radical (unpaired) electrons. The van der Waals surface area contributed by atoms with Gasteiger partial charge in [0, 0.05) is 13.7 Å². The topological polar surface area (TPSA) is 21.3 Å². The SMILES string of the molecule is COCCNCCc1ccccc1. The van der Waals surface area contributed by atoms with Crippen LogP contribution in [0.15, 0.2) is 30.3 Å². The normalized spacial score (nSPS) is 10.2. The molecule has 0 heterocycles. The second-order valence-corrected chi connectivity index (χ2v) is 2.98. The molecular weight excluding hydrogens is 162 g/mol. The summed E-state index contributed by atoms with van der Waals surface area (Å²) < 4.78 is 4.93. The summed E-state index contributed by atoms with van der Waals surface area (Å²) in [4.78, 5) is 0. The molecule has 0 amide bonds. The van der Waals surface area contributed by atoms with E-state index in [9.17, 15) is 0 Å². The fourth-order valence-electron chi connectivity index (χ4n) is 1.18. The van der Waals surface area contributed by atoms with Crippen LogP contribution in [0.2, 0.25) is 0 Å². The van der Waals surface area contributed by atoms with Crippen molar-refractivity contribution in [2.24, 2.45) is 0 Å². The zero-order valence-electron chi connectivity index (χ0n) is 8.12. The van der Waals surface area contributed by atoms with Gasteiger partial charge in [-0.25, -0.2) is 0 Å². The molecule has 0 aliphatic heterocycles. The van der Waals surface area contributed by atoms with Crippen LogP contribution >= 0.6 is 0 Å². The minimum atomic E-state index is 0.786. The maximum atomic E-state index is 4.93. The molecule has 1 rings (SSSR count). The van der Waals surface area contributed by atoms with Gasteiger partial charge in [-0.1, -0.05) is 30.3 Å². The van der Waals surface area contributed by atoms with Gasteiger partial charge < -0.3 is 10.1 Å².